The second-order valence-electron chi connectivity index (χ2n) is 6.72. The number of anilines is 2. The molecule has 2 aromatic rings. The Labute approximate surface area is 176 Å². The second kappa shape index (κ2) is 7.46. The minimum Gasteiger partial charge on any atom is -0.323 e. The molecule has 0 aromatic heterocycles. The van der Waals surface area contributed by atoms with Crippen LogP contribution in [0.3, 0.4) is 0 Å². The lowest BCUT2D eigenvalue weighted by atomic mass is 10.1. The van der Waals surface area contributed by atoms with Crippen LogP contribution < -0.4 is 10.2 Å². The number of imide groups is 1. The Morgan fingerprint density at radius 2 is 1.93 bits per heavy atom. The van der Waals surface area contributed by atoms with Crippen LogP contribution in [0.5, 0.6) is 0 Å². The Bertz CT molecular complexity index is 1060. The van der Waals surface area contributed by atoms with Gasteiger partial charge in [0.1, 0.15) is 6.54 Å². The zero-order chi connectivity index (χ0) is 20.7. The molecule has 4 rings (SSSR count). The van der Waals surface area contributed by atoms with Crippen molar-refractivity contribution in [1.29, 1.82) is 0 Å². The Hall–Kier alpha value is -2.97. The average molecular weight is 432 g/mol. The molecule has 0 spiro atoms. The smallest absolute Gasteiger partial charge is 0.263 e. The van der Waals surface area contributed by atoms with E-state index in [1.807, 2.05) is 13.0 Å². The largest absolute Gasteiger partial charge is 0.323 e. The van der Waals surface area contributed by atoms with Crippen LogP contribution in [0.15, 0.2) is 52.8 Å². The van der Waals surface area contributed by atoms with Crippen molar-refractivity contribution in [3.8, 4) is 0 Å². The van der Waals surface area contributed by atoms with Crippen molar-refractivity contribution in [2.75, 3.05) is 16.8 Å². The van der Waals surface area contributed by atoms with E-state index in [0.29, 0.717) is 21.4 Å². The molecule has 0 radical (unpaired) electrons. The van der Waals surface area contributed by atoms with Crippen LogP contribution in [0.25, 0.3) is 0 Å². The third-order valence-electron chi connectivity index (χ3n) is 4.63. The number of carbonyl (C=O) groups excluding carboxylic acids is 3. The lowest BCUT2D eigenvalue weighted by Gasteiger charge is -2.20. The normalized spacial score (nSPS) is 20.4. The highest BCUT2D eigenvalue weighted by atomic mass is 35.5. The molecule has 0 aliphatic carbocycles. The Morgan fingerprint density at radius 3 is 2.66 bits per heavy atom. The summed E-state index contributed by atoms with van der Waals surface area (Å²) < 4.78 is 0. The topological polar surface area (TPSA) is 94.4 Å². The van der Waals surface area contributed by atoms with Gasteiger partial charge in [0.05, 0.1) is 16.4 Å². The van der Waals surface area contributed by atoms with E-state index in [0.717, 1.165) is 10.5 Å². The van der Waals surface area contributed by atoms with Crippen LogP contribution in [0, 0.1) is 6.92 Å². The number of nitrogens with zero attached hydrogens (tertiary/aromatic N) is 4. The van der Waals surface area contributed by atoms with E-state index in [-0.39, 0.29) is 6.54 Å². The number of hydrogen-bond acceptors (Lipinski definition) is 6. The van der Waals surface area contributed by atoms with Gasteiger partial charge in [-0.05, 0) is 42.8 Å². The standard InChI is InChI=1S/C19H15Cl2N5O3/c1-10-5-6-14(13(21)7-10)22-15(27)9-25-17-16(23-24-25)18(28)26(19(17)29)12-4-2-3-11(20)8-12/h2-8,16-17H,9H2,1H3,(H,22,27)/t16-,17+/m0/s1. The number of hydrogen-bond donors (Lipinski definition) is 1. The fourth-order valence-corrected chi connectivity index (χ4v) is 3.75. The number of amides is 3. The van der Waals surface area contributed by atoms with Crippen molar-refractivity contribution < 1.29 is 14.4 Å². The van der Waals surface area contributed by atoms with Crippen molar-refractivity contribution >= 4 is 52.3 Å². The minimum atomic E-state index is -0.989. The van der Waals surface area contributed by atoms with E-state index in [4.69, 9.17) is 23.2 Å². The lowest BCUT2D eigenvalue weighted by molar-refractivity contribution is -0.123. The molecule has 29 heavy (non-hydrogen) atoms. The fourth-order valence-electron chi connectivity index (χ4n) is 3.28. The second-order valence-corrected chi connectivity index (χ2v) is 7.56. The van der Waals surface area contributed by atoms with Gasteiger partial charge in [-0.2, -0.15) is 5.11 Å². The molecule has 0 saturated carbocycles. The highest BCUT2D eigenvalue weighted by molar-refractivity contribution is 6.34. The first-order valence-corrected chi connectivity index (χ1v) is 9.47. The number of rotatable bonds is 4. The molecule has 1 saturated heterocycles. The maximum Gasteiger partial charge on any atom is 0.263 e. The summed E-state index contributed by atoms with van der Waals surface area (Å²) in [7, 11) is 0. The van der Waals surface area contributed by atoms with Gasteiger partial charge in [-0.1, -0.05) is 40.6 Å². The lowest BCUT2D eigenvalue weighted by Crippen LogP contribution is -2.43. The highest BCUT2D eigenvalue weighted by Gasteiger charge is 2.55. The first kappa shape index (κ1) is 19.4. The van der Waals surface area contributed by atoms with Crippen molar-refractivity contribution in [2.45, 2.75) is 19.0 Å². The highest BCUT2D eigenvalue weighted by Crippen LogP contribution is 2.32. The summed E-state index contributed by atoms with van der Waals surface area (Å²) in [4.78, 5) is 39.0. The van der Waals surface area contributed by atoms with Gasteiger partial charge in [0.2, 0.25) is 5.91 Å². The molecule has 1 fully saturated rings. The molecule has 0 bridgehead atoms. The molecular formula is C19H15Cl2N5O3. The summed E-state index contributed by atoms with van der Waals surface area (Å²) in [5.41, 5.74) is 1.76. The quantitative estimate of drug-likeness (QED) is 0.751. The summed E-state index contributed by atoms with van der Waals surface area (Å²) >= 11 is 12.1. The maximum atomic E-state index is 12.9. The number of benzene rings is 2. The summed E-state index contributed by atoms with van der Waals surface area (Å²) in [5, 5.41) is 12.4. The molecule has 0 unspecified atom stereocenters. The van der Waals surface area contributed by atoms with Crippen molar-refractivity contribution in [1.82, 2.24) is 5.01 Å². The van der Waals surface area contributed by atoms with Crippen LogP contribution in [-0.4, -0.2) is 41.4 Å². The van der Waals surface area contributed by atoms with E-state index >= 15 is 0 Å². The van der Waals surface area contributed by atoms with Crippen LogP contribution in [0.1, 0.15) is 5.56 Å². The number of nitrogens with one attached hydrogen (secondary N) is 1. The van der Waals surface area contributed by atoms with Gasteiger partial charge in [-0.15, -0.1) is 0 Å². The van der Waals surface area contributed by atoms with Gasteiger partial charge >= 0.3 is 0 Å². The van der Waals surface area contributed by atoms with E-state index < -0.39 is 29.8 Å². The Balaban J connectivity index is 1.49. The predicted molar refractivity (Wildman–Crippen MR) is 108 cm³/mol. The summed E-state index contributed by atoms with van der Waals surface area (Å²) in [6.07, 6.45) is 0. The van der Waals surface area contributed by atoms with Crippen molar-refractivity contribution in [3.05, 3.63) is 58.1 Å². The third kappa shape index (κ3) is 3.56. The van der Waals surface area contributed by atoms with Gasteiger partial charge in [0.15, 0.2) is 12.1 Å². The third-order valence-corrected chi connectivity index (χ3v) is 5.18. The van der Waals surface area contributed by atoms with E-state index in [1.165, 1.54) is 11.1 Å². The molecule has 2 aliphatic rings. The summed E-state index contributed by atoms with van der Waals surface area (Å²) in [5.74, 6) is -1.44. The summed E-state index contributed by atoms with van der Waals surface area (Å²) in [6, 6.07) is 9.68. The van der Waals surface area contributed by atoms with Crippen LogP contribution in [-0.2, 0) is 14.4 Å². The molecule has 2 heterocycles. The van der Waals surface area contributed by atoms with Crippen LogP contribution in [0.4, 0.5) is 11.4 Å². The molecule has 148 valence electrons. The van der Waals surface area contributed by atoms with Gasteiger partial charge in [-0.3, -0.25) is 19.4 Å². The number of fused-ring (bicyclic) bond motifs is 1. The van der Waals surface area contributed by atoms with Crippen molar-refractivity contribution in [2.24, 2.45) is 10.3 Å². The van der Waals surface area contributed by atoms with E-state index in [2.05, 4.69) is 15.7 Å². The first-order chi connectivity index (χ1) is 13.8. The molecule has 10 heteroatoms. The molecule has 3 amide bonds. The SMILES string of the molecule is Cc1ccc(NC(=O)CN2N=N[C@@H]3C(=O)N(c4cccc(Cl)c4)C(=O)[C@@H]32)c(Cl)c1. The van der Waals surface area contributed by atoms with Gasteiger partial charge < -0.3 is 5.32 Å². The van der Waals surface area contributed by atoms with Gasteiger partial charge in [0.25, 0.3) is 11.8 Å². The average Bonchev–Trinajstić information content (AvgIpc) is 3.17. The van der Waals surface area contributed by atoms with E-state index in [9.17, 15) is 14.4 Å². The maximum absolute atomic E-state index is 12.9. The predicted octanol–water partition coefficient (Wildman–Crippen LogP) is 3.23. The zero-order valence-corrected chi connectivity index (χ0v) is 16.7. The van der Waals surface area contributed by atoms with Crippen LogP contribution in [0.2, 0.25) is 10.0 Å². The van der Waals surface area contributed by atoms with Crippen LogP contribution >= 0.6 is 23.2 Å². The van der Waals surface area contributed by atoms with Gasteiger partial charge in [-0.25, -0.2) is 4.90 Å². The zero-order valence-electron chi connectivity index (χ0n) is 15.2. The molecular weight excluding hydrogens is 417 g/mol. The molecule has 2 atom stereocenters. The fraction of sp³-hybridized carbons (Fsp3) is 0.211. The summed E-state index contributed by atoms with van der Waals surface area (Å²) in [6.45, 7) is 1.63. The number of aryl methyl sites for hydroxylation is 1. The number of halogens is 2. The Kier molecular flexibility index (Phi) is 4.97. The van der Waals surface area contributed by atoms with E-state index in [1.54, 1.807) is 30.3 Å². The molecule has 2 aromatic carbocycles. The van der Waals surface area contributed by atoms with Crippen molar-refractivity contribution in [3.63, 3.8) is 0 Å². The molecule has 8 nitrogen and oxygen atoms in total. The first-order valence-electron chi connectivity index (χ1n) is 8.72. The van der Waals surface area contributed by atoms with Gasteiger partial charge in [0, 0.05) is 5.02 Å². The monoisotopic (exact) mass is 431 g/mol. The number of carbonyl (C=O) groups is 3. The Morgan fingerprint density at radius 1 is 1.14 bits per heavy atom. The molecule has 2 aliphatic heterocycles. The molecule has 1 N–H and O–H groups in total. The minimum absolute atomic E-state index is 0.253.